The SMILES string of the molecule is CC1CCCN(c2cc(C(=O)O)ccc2N)C1C. The molecular formula is C14H20N2O2. The van der Waals surface area contributed by atoms with Crippen LogP contribution in [0.3, 0.4) is 0 Å². The van der Waals surface area contributed by atoms with E-state index < -0.39 is 5.97 Å². The van der Waals surface area contributed by atoms with Crippen LogP contribution in [-0.4, -0.2) is 23.7 Å². The van der Waals surface area contributed by atoms with Crippen LogP contribution in [0.2, 0.25) is 0 Å². The summed E-state index contributed by atoms with van der Waals surface area (Å²) in [5, 5.41) is 9.06. The summed E-state index contributed by atoms with van der Waals surface area (Å²) in [4.78, 5) is 13.3. The Morgan fingerprint density at radius 2 is 2.17 bits per heavy atom. The van der Waals surface area contributed by atoms with E-state index in [1.807, 2.05) is 0 Å². The fraction of sp³-hybridized carbons (Fsp3) is 0.500. The van der Waals surface area contributed by atoms with Crippen LogP contribution in [-0.2, 0) is 0 Å². The maximum Gasteiger partial charge on any atom is 0.335 e. The van der Waals surface area contributed by atoms with E-state index in [-0.39, 0.29) is 0 Å². The molecular weight excluding hydrogens is 228 g/mol. The molecule has 1 aromatic rings. The van der Waals surface area contributed by atoms with Crippen LogP contribution in [0.4, 0.5) is 11.4 Å². The first-order chi connectivity index (χ1) is 8.50. The van der Waals surface area contributed by atoms with E-state index >= 15 is 0 Å². The van der Waals surface area contributed by atoms with Gasteiger partial charge in [0.15, 0.2) is 0 Å². The van der Waals surface area contributed by atoms with Crippen molar-refractivity contribution in [2.45, 2.75) is 32.7 Å². The number of benzene rings is 1. The Hall–Kier alpha value is -1.71. The lowest BCUT2D eigenvalue weighted by Crippen LogP contribution is -2.42. The van der Waals surface area contributed by atoms with E-state index in [1.165, 1.54) is 6.42 Å². The third-order valence-electron chi connectivity index (χ3n) is 3.96. The normalized spacial score (nSPS) is 24.0. The molecule has 0 aliphatic carbocycles. The van der Waals surface area contributed by atoms with Gasteiger partial charge in [-0.15, -0.1) is 0 Å². The topological polar surface area (TPSA) is 66.6 Å². The van der Waals surface area contributed by atoms with Crippen molar-refractivity contribution in [2.75, 3.05) is 17.2 Å². The summed E-state index contributed by atoms with van der Waals surface area (Å²) in [6.07, 6.45) is 2.35. The highest BCUT2D eigenvalue weighted by atomic mass is 16.4. The second-order valence-electron chi connectivity index (χ2n) is 5.13. The molecule has 4 heteroatoms. The Morgan fingerprint density at radius 3 is 2.83 bits per heavy atom. The van der Waals surface area contributed by atoms with Crippen LogP contribution < -0.4 is 10.6 Å². The molecule has 0 radical (unpaired) electrons. The molecule has 1 heterocycles. The van der Waals surface area contributed by atoms with E-state index in [4.69, 9.17) is 10.8 Å². The molecule has 18 heavy (non-hydrogen) atoms. The minimum Gasteiger partial charge on any atom is -0.478 e. The summed E-state index contributed by atoms with van der Waals surface area (Å²) < 4.78 is 0. The van der Waals surface area contributed by atoms with Crippen molar-refractivity contribution in [3.8, 4) is 0 Å². The zero-order valence-electron chi connectivity index (χ0n) is 10.9. The van der Waals surface area contributed by atoms with Gasteiger partial charge in [0.1, 0.15) is 0 Å². The molecule has 2 rings (SSSR count). The van der Waals surface area contributed by atoms with Crippen LogP contribution >= 0.6 is 0 Å². The van der Waals surface area contributed by atoms with Crippen molar-refractivity contribution < 1.29 is 9.90 Å². The summed E-state index contributed by atoms with van der Waals surface area (Å²) in [5.74, 6) is -0.305. The number of hydrogen-bond donors (Lipinski definition) is 2. The molecule has 0 saturated carbocycles. The smallest absolute Gasteiger partial charge is 0.335 e. The van der Waals surface area contributed by atoms with Crippen LogP contribution in [0.5, 0.6) is 0 Å². The summed E-state index contributed by atoms with van der Waals surface area (Å²) in [5.41, 5.74) is 7.80. The van der Waals surface area contributed by atoms with Crippen LogP contribution in [0.1, 0.15) is 37.0 Å². The van der Waals surface area contributed by atoms with Crippen LogP contribution in [0, 0.1) is 5.92 Å². The maximum absolute atomic E-state index is 11.0. The Bertz CT molecular complexity index is 459. The molecule has 2 unspecified atom stereocenters. The molecule has 3 N–H and O–H groups in total. The van der Waals surface area contributed by atoms with Gasteiger partial charge >= 0.3 is 5.97 Å². The van der Waals surface area contributed by atoms with E-state index in [9.17, 15) is 4.79 Å². The van der Waals surface area contributed by atoms with Gasteiger partial charge in [-0.3, -0.25) is 0 Å². The average molecular weight is 248 g/mol. The number of nitrogens with two attached hydrogens (primary N) is 1. The molecule has 1 saturated heterocycles. The van der Waals surface area contributed by atoms with Gasteiger partial charge in [-0.1, -0.05) is 6.92 Å². The van der Waals surface area contributed by atoms with Crippen molar-refractivity contribution in [3.05, 3.63) is 23.8 Å². The third-order valence-corrected chi connectivity index (χ3v) is 3.96. The Labute approximate surface area is 107 Å². The number of carbonyl (C=O) groups is 1. The monoisotopic (exact) mass is 248 g/mol. The molecule has 1 fully saturated rings. The zero-order chi connectivity index (χ0) is 13.3. The fourth-order valence-electron chi connectivity index (χ4n) is 2.60. The molecule has 0 aromatic heterocycles. The molecule has 1 aliphatic heterocycles. The van der Waals surface area contributed by atoms with Gasteiger partial charge in [0.25, 0.3) is 0 Å². The predicted octanol–water partition coefficient (Wildman–Crippen LogP) is 2.59. The number of hydrogen-bond acceptors (Lipinski definition) is 3. The molecule has 1 aliphatic rings. The zero-order valence-corrected chi connectivity index (χ0v) is 10.9. The number of anilines is 2. The van der Waals surface area contributed by atoms with Gasteiger partial charge in [-0.05, 0) is 43.9 Å². The largest absolute Gasteiger partial charge is 0.478 e. The van der Waals surface area contributed by atoms with Gasteiger partial charge in [0, 0.05) is 12.6 Å². The Morgan fingerprint density at radius 1 is 1.44 bits per heavy atom. The van der Waals surface area contributed by atoms with Crippen molar-refractivity contribution in [1.29, 1.82) is 0 Å². The molecule has 0 spiro atoms. The highest BCUT2D eigenvalue weighted by Gasteiger charge is 2.26. The quantitative estimate of drug-likeness (QED) is 0.789. The maximum atomic E-state index is 11.0. The van der Waals surface area contributed by atoms with Crippen molar-refractivity contribution >= 4 is 17.3 Å². The van der Waals surface area contributed by atoms with Crippen LogP contribution in [0.25, 0.3) is 0 Å². The lowest BCUT2D eigenvalue weighted by atomic mass is 9.91. The number of nitrogens with zero attached hydrogens (tertiary/aromatic N) is 1. The van der Waals surface area contributed by atoms with Gasteiger partial charge in [0.05, 0.1) is 16.9 Å². The predicted molar refractivity (Wildman–Crippen MR) is 73.0 cm³/mol. The number of aromatic carboxylic acids is 1. The van der Waals surface area contributed by atoms with Crippen molar-refractivity contribution in [3.63, 3.8) is 0 Å². The first-order valence-corrected chi connectivity index (χ1v) is 6.40. The fourth-order valence-corrected chi connectivity index (χ4v) is 2.60. The molecule has 98 valence electrons. The molecule has 2 atom stereocenters. The minimum atomic E-state index is -0.908. The second-order valence-corrected chi connectivity index (χ2v) is 5.13. The molecule has 4 nitrogen and oxygen atoms in total. The molecule has 0 bridgehead atoms. The average Bonchev–Trinajstić information content (AvgIpc) is 2.33. The lowest BCUT2D eigenvalue weighted by Gasteiger charge is -2.40. The van der Waals surface area contributed by atoms with E-state index in [0.29, 0.717) is 23.2 Å². The van der Waals surface area contributed by atoms with Gasteiger partial charge in [-0.25, -0.2) is 4.79 Å². The molecule has 1 aromatic carbocycles. The minimum absolute atomic E-state index is 0.296. The van der Waals surface area contributed by atoms with Gasteiger partial charge < -0.3 is 15.7 Å². The number of rotatable bonds is 2. The number of piperidine rings is 1. The van der Waals surface area contributed by atoms with E-state index in [0.717, 1.165) is 18.7 Å². The highest BCUT2D eigenvalue weighted by Crippen LogP contribution is 2.32. The number of carboxylic acid groups (broad SMARTS) is 1. The molecule has 0 amide bonds. The Kier molecular flexibility index (Phi) is 3.45. The highest BCUT2D eigenvalue weighted by molar-refractivity contribution is 5.90. The first kappa shape index (κ1) is 12.7. The van der Waals surface area contributed by atoms with E-state index in [1.54, 1.807) is 18.2 Å². The third kappa shape index (κ3) is 2.28. The van der Waals surface area contributed by atoms with Crippen molar-refractivity contribution in [2.24, 2.45) is 5.92 Å². The van der Waals surface area contributed by atoms with E-state index in [2.05, 4.69) is 18.7 Å². The number of carboxylic acids is 1. The van der Waals surface area contributed by atoms with Gasteiger partial charge in [0.2, 0.25) is 0 Å². The summed E-state index contributed by atoms with van der Waals surface area (Å²) in [7, 11) is 0. The Balaban J connectivity index is 2.37. The van der Waals surface area contributed by atoms with Crippen molar-refractivity contribution in [1.82, 2.24) is 0 Å². The van der Waals surface area contributed by atoms with Gasteiger partial charge in [-0.2, -0.15) is 0 Å². The summed E-state index contributed by atoms with van der Waals surface area (Å²) in [6.45, 7) is 5.35. The summed E-state index contributed by atoms with van der Waals surface area (Å²) in [6, 6.07) is 5.32. The first-order valence-electron chi connectivity index (χ1n) is 6.40. The number of nitrogen functional groups attached to an aromatic ring is 1. The second kappa shape index (κ2) is 4.88. The standard InChI is InChI=1S/C14H20N2O2/c1-9-4-3-7-16(10(9)2)13-8-11(14(17)18)5-6-12(13)15/h5-6,8-10H,3-4,7,15H2,1-2H3,(H,17,18). The summed E-state index contributed by atoms with van der Waals surface area (Å²) >= 11 is 0. The van der Waals surface area contributed by atoms with Crippen LogP contribution in [0.15, 0.2) is 18.2 Å². The lowest BCUT2D eigenvalue weighted by molar-refractivity contribution is 0.0697.